The van der Waals surface area contributed by atoms with Crippen LogP contribution >= 0.6 is 11.6 Å². The Kier molecular flexibility index (Phi) is 4.63. The molecular weight excluding hydrogens is 278 g/mol. The van der Waals surface area contributed by atoms with Crippen molar-refractivity contribution in [1.29, 1.82) is 0 Å². The lowest BCUT2D eigenvalue weighted by atomic mass is 10.2. The largest absolute Gasteiger partial charge is 0.484 e. The molecule has 106 valence electrons. The zero-order chi connectivity index (χ0) is 14.5. The maximum atomic E-state index is 11.8. The van der Waals surface area contributed by atoms with Crippen molar-refractivity contribution in [2.45, 2.75) is 20.3 Å². The molecule has 0 spiro atoms. The summed E-state index contributed by atoms with van der Waals surface area (Å²) < 4.78 is 5.42. The van der Waals surface area contributed by atoms with Gasteiger partial charge in [0.1, 0.15) is 11.6 Å². The fourth-order valence-electron chi connectivity index (χ4n) is 1.72. The van der Waals surface area contributed by atoms with Gasteiger partial charge in [0.05, 0.1) is 6.20 Å². The second kappa shape index (κ2) is 6.43. The molecule has 1 aromatic carbocycles. The Hall–Kier alpha value is -2.01. The quantitative estimate of drug-likeness (QED) is 0.890. The van der Waals surface area contributed by atoms with Crippen LogP contribution in [0.1, 0.15) is 18.1 Å². The molecule has 2 aromatic rings. The zero-order valence-electron chi connectivity index (χ0n) is 11.4. The molecule has 0 atom stereocenters. The Morgan fingerprint density at radius 3 is 3.00 bits per heavy atom. The van der Waals surface area contributed by atoms with Gasteiger partial charge in [-0.3, -0.25) is 9.89 Å². The van der Waals surface area contributed by atoms with Gasteiger partial charge in [-0.1, -0.05) is 18.5 Å². The molecule has 1 amide bonds. The smallest absolute Gasteiger partial charge is 0.263 e. The van der Waals surface area contributed by atoms with Crippen LogP contribution in [0, 0.1) is 6.92 Å². The second-order valence-corrected chi connectivity index (χ2v) is 4.78. The normalized spacial score (nSPS) is 10.3. The number of amides is 1. The second-order valence-electron chi connectivity index (χ2n) is 4.37. The first-order valence-electron chi connectivity index (χ1n) is 6.31. The van der Waals surface area contributed by atoms with Gasteiger partial charge in [0.15, 0.2) is 6.61 Å². The van der Waals surface area contributed by atoms with Gasteiger partial charge in [-0.2, -0.15) is 5.10 Å². The summed E-state index contributed by atoms with van der Waals surface area (Å²) in [5.41, 5.74) is 1.87. The first-order chi connectivity index (χ1) is 9.60. The van der Waals surface area contributed by atoms with Crippen molar-refractivity contribution in [2.24, 2.45) is 0 Å². The van der Waals surface area contributed by atoms with Crippen LogP contribution in [0.15, 0.2) is 24.4 Å². The summed E-state index contributed by atoms with van der Waals surface area (Å²) in [5, 5.41) is 10.0. The molecule has 0 saturated heterocycles. The Morgan fingerprint density at radius 1 is 1.50 bits per heavy atom. The summed E-state index contributed by atoms with van der Waals surface area (Å²) in [4.78, 5) is 11.8. The summed E-state index contributed by atoms with van der Waals surface area (Å²) >= 11 is 5.93. The average Bonchev–Trinajstić information content (AvgIpc) is 2.87. The van der Waals surface area contributed by atoms with E-state index in [-0.39, 0.29) is 12.5 Å². The lowest BCUT2D eigenvalue weighted by molar-refractivity contribution is -0.118. The van der Waals surface area contributed by atoms with Crippen molar-refractivity contribution < 1.29 is 9.53 Å². The fraction of sp³-hybridized carbons (Fsp3) is 0.286. The van der Waals surface area contributed by atoms with Crippen LogP contribution in [0.3, 0.4) is 0 Å². The number of aromatic amines is 1. The van der Waals surface area contributed by atoms with Crippen molar-refractivity contribution in [2.75, 3.05) is 11.9 Å². The Labute approximate surface area is 122 Å². The molecule has 20 heavy (non-hydrogen) atoms. The molecule has 0 aliphatic heterocycles. The summed E-state index contributed by atoms with van der Waals surface area (Å²) in [7, 11) is 0. The van der Waals surface area contributed by atoms with Crippen LogP contribution in [0.4, 0.5) is 5.82 Å². The van der Waals surface area contributed by atoms with Crippen LogP contribution in [0.2, 0.25) is 5.02 Å². The van der Waals surface area contributed by atoms with Gasteiger partial charge < -0.3 is 10.1 Å². The molecule has 0 aliphatic carbocycles. The minimum atomic E-state index is -0.239. The van der Waals surface area contributed by atoms with Gasteiger partial charge in [0.2, 0.25) is 0 Å². The highest BCUT2D eigenvalue weighted by molar-refractivity contribution is 6.31. The predicted molar refractivity (Wildman–Crippen MR) is 78.3 cm³/mol. The molecule has 2 N–H and O–H groups in total. The van der Waals surface area contributed by atoms with Gasteiger partial charge in [-0.15, -0.1) is 0 Å². The van der Waals surface area contributed by atoms with Crippen LogP contribution in [0.5, 0.6) is 5.75 Å². The molecule has 0 unspecified atom stereocenters. The zero-order valence-corrected chi connectivity index (χ0v) is 12.1. The number of hydrogen-bond donors (Lipinski definition) is 2. The van der Waals surface area contributed by atoms with Crippen molar-refractivity contribution in [3.05, 3.63) is 40.5 Å². The number of carbonyl (C=O) groups excluding carboxylic acids is 1. The standard InChI is InChI=1S/C14H16ClN3O2/c1-3-10-7-16-18-14(10)17-13(19)8-20-11-4-5-12(15)9(2)6-11/h4-7H,3,8H2,1-2H3,(H2,16,17,18,19). The van der Waals surface area contributed by atoms with E-state index >= 15 is 0 Å². The average molecular weight is 294 g/mol. The van der Waals surface area contributed by atoms with Gasteiger partial charge in [-0.05, 0) is 37.1 Å². The number of carbonyl (C=O) groups is 1. The number of aryl methyl sites for hydroxylation is 2. The van der Waals surface area contributed by atoms with Gasteiger partial charge in [0, 0.05) is 10.6 Å². The molecule has 0 bridgehead atoms. The van der Waals surface area contributed by atoms with Crippen LogP contribution < -0.4 is 10.1 Å². The Bertz CT molecular complexity index is 610. The molecule has 0 fully saturated rings. The third-order valence-corrected chi connectivity index (χ3v) is 3.29. The van der Waals surface area contributed by atoms with Crippen molar-refractivity contribution in [1.82, 2.24) is 10.2 Å². The van der Waals surface area contributed by atoms with E-state index in [0.717, 1.165) is 17.5 Å². The highest BCUT2D eigenvalue weighted by Crippen LogP contribution is 2.21. The molecule has 2 rings (SSSR count). The van der Waals surface area contributed by atoms with E-state index in [1.165, 1.54) is 0 Å². The molecule has 0 radical (unpaired) electrons. The molecule has 1 heterocycles. The molecule has 1 aromatic heterocycles. The molecule has 6 heteroatoms. The first-order valence-corrected chi connectivity index (χ1v) is 6.69. The van der Waals surface area contributed by atoms with Gasteiger partial charge in [-0.25, -0.2) is 0 Å². The van der Waals surface area contributed by atoms with E-state index in [1.54, 1.807) is 24.4 Å². The van der Waals surface area contributed by atoms with Gasteiger partial charge >= 0.3 is 0 Å². The van der Waals surface area contributed by atoms with Crippen LogP contribution in [0.25, 0.3) is 0 Å². The number of ether oxygens (including phenoxy) is 1. The third kappa shape index (κ3) is 3.51. The SMILES string of the molecule is CCc1cn[nH]c1NC(=O)COc1ccc(Cl)c(C)c1. The summed E-state index contributed by atoms with van der Waals surface area (Å²) in [6.07, 6.45) is 2.49. The number of hydrogen-bond acceptors (Lipinski definition) is 3. The molecule has 0 saturated carbocycles. The minimum Gasteiger partial charge on any atom is -0.484 e. The number of anilines is 1. The minimum absolute atomic E-state index is 0.0662. The van der Waals surface area contributed by atoms with Gasteiger partial charge in [0.25, 0.3) is 5.91 Å². The summed E-state index contributed by atoms with van der Waals surface area (Å²) in [6.45, 7) is 3.81. The lowest BCUT2D eigenvalue weighted by Crippen LogP contribution is -2.21. The van der Waals surface area contributed by atoms with Crippen molar-refractivity contribution in [3.63, 3.8) is 0 Å². The lowest BCUT2D eigenvalue weighted by Gasteiger charge is -2.08. The Balaban J connectivity index is 1.90. The van der Waals surface area contributed by atoms with E-state index < -0.39 is 0 Å². The van der Waals surface area contributed by atoms with E-state index in [9.17, 15) is 4.79 Å². The number of aromatic nitrogens is 2. The Morgan fingerprint density at radius 2 is 2.30 bits per heavy atom. The number of halogens is 1. The summed E-state index contributed by atoms with van der Waals surface area (Å²) in [5.74, 6) is 0.993. The van der Waals surface area contributed by atoms with E-state index in [2.05, 4.69) is 15.5 Å². The summed E-state index contributed by atoms with van der Waals surface area (Å²) in [6, 6.07) is 5.27. The molecule has 5 nitrogen and oxygen atoms in total. The number of rotatable bonds is 5. The number of nitrogens with zero attached hydrogens (tertiary/aromatic N) is 1. The third-order valence-electron chi connectivity index (χ3n) is 2.86. The predicted octanol–water partition coefficient (Wildman–Crippen LogP) is 2.95. The van der Waals surface area contributed by atoms with E-state index in [4.69, 9.17) is 16.3 Å². The highest BCUT2D eigenvalue weighted by Gasteiger charge is 2.08. The van der Waals surface area contributed by atoms with E-state index in [1.807, 2.05) is 13.8 Å². The molecule has 0 aliphatic rings. The van der Waals surface area contributed by atoms with Crippen molar-refractivity contribution in [3.8, 4) is 5.75 Å². The maximum Gasteiger partial charge on any atom is 0.263 e. The fourth-order valence-corrected chi connectivity index (χ4v) is 1.84. The number of H-pyrrole nitrogens is 1. The van der Waals surface area contributed by atoms with Crippen LogP contribution in [-0.2, 0) is 11.2 Å². The topological polar surface area (TPSA) is 67.0 Å². The monoisotopic (exact) mass is 293 g/mol. The van der Waals surface area contributed by atoms with Crippen LogP contribution in [-0.4, -0.2) is 22.7 Å². The maximum absolute atomic E-state index is 11.8. The molecular formula is C14H16ClN3O2. The van der Waals surface area contributed by atoms with E-state index in [0.29, 0.717) is 16.6 Å². The highest BCUT2D eigenvalue weighted by atomic mass is 35.5. The first kappa shape index (κ1) is 14.4. The number of nitrogens with one attached hydrogen (secondary N) is 2. The number of benzene rings is 1. The van der Waals surface area contributed by atoms with Crippen molar-refractivity contribution >= 4 is 23.3 Å².